The van der Waals surface area contributed by atoms with E-state index in [0.717, 1.165) is 34.1 Å². The first-order valence-corrected chi connectivity index (χ1v) is 10.4. The lowest BCUT2D eigenvalue weighted by molar-refractivity contribution is 0.0956. The number of rotatable bonds is 6. The number of nitrogens with zero attached hydrogens (tertiary/aromatic N) is 3. The van der Waals surface area contributed by atoms with Gasteiger partial charge >= 0.3 is 0 Å². The van der Waals surface area contributed by atoms with E-state index in [1.807, 2.05) is 42.5 Å². The van der Waals surface area contributed by atoms with E-state index < -0.39 is 0 Å². The fourth-order valence-electron chi connectivity index (χ4n) is 3.40. The van der Waals surface area contributed by atoms with E-state index in [1.54, 1.807) is 18.6 Å². The van der Waals surface area contributed by atoms with Crippen molar-refractivity contribution >= 4 is 23.0 Å². The molecule has 0 saturated carbocycles. The minimum Gasteiger partial charge on any atom is -0.267 e. The van der Waals surface area contributed by atoms with Crippen LogP contribution in [0.1, 0.15) is 47.7 Å². The van der Waals surface area contributed by atoms with Gasteiger partial charge in [-0.25, -0.2) is 10.4 Å². The molecular formula is C26H24N4O. The fourth-order valence-corrected chi connectivity index (χ4v) is 3.40. The summed E-state index contributed by atoms with van der Waals surface area (Å²) < 4.78 is 0. The number of hydrazone groups is 1. The van der Waals surface area contributed by atoms with Crippen LogP contribution in [0.3, 0.4) is 0 Å². The molecule has 0 aliphatic rings. The third-order valence-electron chi connectivity index (χ3n) is 5.43. The Hall–Kier alpha value is -3.86. The summed E-state index contributed by atoms with van der Waals surface area (Å²) >= 11 is 0. The van der Waals surface area contributed by atoms with Crippen LogP contribution >= 0.6 is 0 Å². The maximum atomic E-state index is 12.9. The molecule has 1 amide bonds. The van der Waals surface area contributed by atoms with Crippen molar-refractivity contribution < 1.29 is 4.79 Å². The molecule has 4 rings (SSSR count). The molecule has 0 radical (unpaired) electrons. The Morgan fingerprint density at radius 1 is 1.06 bits per heavy atom. The van der Waals surface area contributed by atoms with Gasteiger partial charge in [-0.15, -0.1) is 0 Å². The van der Waals surface area contributed by atoms with Crippen molar-refractivity contribution in [2.75, 3.05) is 0 Å². The quantitative estimate of drug-likeness (QED) is 0.335. The topological polar surface area (TPSA) is 67.2 Å². The molecule has 1 N–H and O–H groups in total. The number of hydrogen-bond acceptors (Lipinski definition) is 4. The Kier molecular flexibility index (Phi) is 6.13. The molecule has 1 atom stereocenters. The van der Waals surface area contributed by atoms with E-state index >= 15 is 0 Å². The lowest BCUT2D eigenvalue weighted by atomic mass is 9.96. The van der Waals surface area contributed by atoms with E-state index in [-0.39, 0.29) is 5.91 Å². The summed E-state index contributed by atoms with van der Waals surface area (Å²) in [5.41, 5.74) is 7.85. The van der Waals surface area contributed by atoms with Gasteiger partial charge in [0.1, 0.15) is 0 Å². The van der Waals surface area contributed by atoms with Crippen molar-refractivity contribution in [2.45, 2.75) is 26.2 Å². The van der Waals surface area contributed by atoms with E-state index in [9.17, 15) is 4.79 Å². The standard InChI is InChI=1S/C26H24N4O/c1-3-18(2)20-8-10-21(11-9-20)25-16-23(22-6-4-5-7-24(22)29-25)26(31)30-28-17-19-12-14-27-15-13-19/h4-18H,3H2,1-2H3,(H,30,31)/b28-17-/t18-/m1/s1. The summed E-state index contributed by atoms with van der Waals surface area (Å²) in [7, 11) is 0. The normalized spacial score (nSPS) is 12.2. The molecular weight excluding hydrogens is 384 g/mol. The van der Waals surface area contributed by atoms with Crippen LogP contribution in [0.5, 0.6) is 0 Å². The Balaban J connectivity index is 1.66. The van der Waals surface area contributed by atoms with Gasteiger partial charge in [0.2, 0.25) is 0 Å². The number of carbonyl (C=O) groups is 1. The van der Waals surface area contributed by atoms with Gasteiger partial charge in [0.25, 0.3) is 5.91 Å². The van der Waals surface area contributed by atoms with Crippen LogP contribution < -0.4 is 5.43 Å². The predicted molar refractivity (Wildman–Crippen MR) is 125 cm³/mol. The highest BCUT2D eigenvalue weighted by molar-refractivity contribution is 6.07. The molecule has 0 fully saturated rings. The number of pyridine rings is 2. The van der Waals surface area contributed by atoms with Crippen molar-refractivity contribution in [1.82, 2.24) is 15.4 Å². The van der Waals surface area contributed by atoms with E-state index in [4.69, 9.17) is 4.98 Å². The fraction of sp³-hybridized carbons (Fsp3) is 0.154. The molecule has 5 nitrogen and oxygen atoms in total. The Labute approximate surface area is 181 Å². The molecule has 154 valence electrons. The average molecular weight is 409 g/mol. The number of carbonyl (C=O) groups excluding carboxylic acids is 1. The number of nitrogens with one attached hydrogen (secondary N) is 1. The highest BCUT2D eigenvalue weighted by Crippen LogP contribution is 2.27. The van der Waals surface area contributed by atoms with Crippen LogP contribution in [0.4, 0.5) is 0 Å². The molecule has 31 heavy (non-hydrogen) atoms. The number of amides is 1. The van der Waals surface area contributed by atoms with Gasteiger partial charge in [0, 0.05) is 23.3 Å². The third kappa shape index (κ3) is 4.67. The van der Waals surface area contributed by atoms with E-state index in [2.05, 4.69) is 53.6 Å². The third-order valence-corrected chi connectivity index (χ3v) is 5.43. The van der Waals surface area contributed by atoms with Crippen molar-refractivity contribution in [1.29, 1.82) is 0 Å². The molecule has 5 heteroatoms. The van der Waals surface area contributed by atoms with Crippen molar-refractivity contribution in [3.05, 3.63) is 95.8 Å². The molecule has 0 unspecified atom stereocenters. The summed E-state index contributed by atoms with van der Waals surface area (Å²) in [6, 6.07) is 21.5. The van der Waals surface area contributed by atoms with Crippen molar-refractivity contribution in [3.8, 4) is 11.3 Å². The number of benzene rings is 2. The first-order valence-electron chi connectivity index (χ1n) is 10.4. The molecule has 2 heterocycles. The smallest absolute Gasteiger partial charge is 0.267 e. The van der Waals surface area contributed by atoms with Gasteiger partial charge in [-0.2, -0.15) is 5.10 Å². The molecule has 2 aromatic carbocycles. The first-order chi connectivity index (χ1) is 15.2. The van der Waals surface area contributed by atoms with E-state index in [0.29, 0.717) is 11.5 Å². The molecule has 0 saturated heterocycles. The van der Waals surface area contributed by atoms with Crippen LogP contribution in [0.25, 0.3) is 22.2 Å². The van der Waals surface area contributed by atoms with Gasteiger partial charge < -0.3 is 0 Å². The summed E-state index contributed by atoms with van der Waals surface area (Å²) in [6.07, 6.45) is 6.05. The van der Waals surface area contributed by atoms with Crippen molar-refractivity contribution in [3.63, 3.8) is 0 Å². The summed E-state index contributed by atoms with van der Waals surface area (Å²) in [4.78, 5) is 21.7. The Bertz CT molecular complexity index is 1220. The summed E-state index contributed by atoms with van der Waals surface area (Å²) in [5.74, 6) is 0.236. The van der Waals surface area contributed by atoms with Crippen LogP contribution in [-0.4, -0.2) is 22.1 Å². The van der Waals surface area contributed by atoms with Crippen LogP contribution in [0, 0.1) is 0 Å². The largest absolute Gasteiger partial charge is 0.272 e. The average Bonchev–Trinajstić information content (AvgIpc) is 2.83. The number of hydrogen-bond donors (Lipinski definition) is 1. The van der Waals surface area contributed by atoms with Crippen molar-refractivity contribution in [2.24, 2.45) is 5.10 Å². The number of para-hydroxylation sites is 1. The minimum absolute atomic E-state index is 0.276. The zero-order valence-corrected chi connectivity index (χ0v) is 17.6. The van der Waals surface area contributed by atoms with Gasteiger partial charge in [0.05, 0.1) is 23.0 Å². The monoisotopic (exact) mass is 408 g/mol. The van der Waals surface area contributed by atoms with Crippen LogP contribution in [0.15, 0.2) is 84.2 Å². The lowest BCUT2D eigenvalue weighted by Crippen LogP contribution is -2.18. The highest BCUT2D eigenvalue weighted by atomic mass is 16.2. The number of fused-ring (bicyclic) bond motifs is 1. The molecule has 0 spiro atoms. The predicted octanol–water partition coefficient (Wildman–Crippen LogP) is 5.57. The zero-order chi connectivity index (χ0) is 21.6. The Morgan fingerprint density at radius 3 is 2.55 bits per heavy atom. The second kappa shape index (κ2) is 9.30. The van der Waals surface area contributed by atoms with E-state index in [1.165, 1.54) is 5.56 Å². The number of aromatic nitrogens is 2. The SMILES string of the molecule is CC[C@@H](C)c1ccc(-c2cc(C(=O)N/N=C\c3ccncc3)c3ccccc3n2)cc1. The first kappa shape index (κ1) is 20.4. The van der Waals surface area contributed by atoms with Gasteiger partial charge in [-0.05, 0) is 47.7 Å². The van der Waals surface area contributed by atoms with Gasteiger partial charge in [-0.1, -0.05) is 56.3 Å². The summed E-state index contributed by atoms with van der Waals surface area (Å²) in [5, 5.41) is 4.89. The molecule has 0 aliphatic carbocycles. The summed E-state index contributed by atoms with van der Waals surface area (Å²) in [6.45, 7) is 4.41. The van der Waals surface area contributed by atoms with Gasteiger partial charge in [0.15, 0.2) is 0 Å². The van der Waals surface area contributed by atoms with Gasteiger partial charge in [-0.3, -0.25) is 9.78 Å². The van der Waals surface area contributed by atoms with Crippen LogP contribution in [-0.2, 0) is 0 Å². The Morgan fingerprint density at radius 2 is 1.81 bits per heavy atom. The maximum Gasteiger partial charge on any atom is 0.272 e. The molecule has 0 bridgehead atoms. The second-order valence-electron chi connectivity index (χ2n) is 7.48. The second-order valence-corrected chi connectivity index (χ2v) is 7.48. The molecule has 0 aliphatic heterocycles. The van der Waals surface area contributed by atoms with Crippen LogP contribution in [0.2, 0.25) is 0 Å². The highest BCUT2D eigenvalue weighted by Gasteiger charge is 2.14. The minimum atomic E-state index is -0.276. The maximum absolute atomic E-state index is 12.9. The zero-order valence-electron chi connectivity index (χ0n) is 17.6. The molecule has 2 aromatic heterocycles. The molecule has 4 aromatic rings. The lowest BCUT2D eigenvalue weighted by Gasteiger charge is -2.11.